The summed E-state index contributed by atoms with van der Waals surface area (Å²) in [5, 5.41) is 54.7. The Bertz CT molecular complexity index is 2280. The number of aromatic amines is 1. The third-order valence-corrected chi connectivity index (χ3v) is 10.2. The highest BCUT2D eigenvalue weighted by atomic mass is 16.4. The fourth-order valence-electron chi connectivity index (χ4n) is 6.59. The van der Waals surface area contributed by atoms with Crippen LogP contribution in [0, 0.1) is 0 Å². The SMILES string of the molecule is C[C@@H](O)[C@H](NC(=O)[C@H](Cc1c[nH]c2ccccc12)NC(=O)[C@@H](NC(=O)[C@H](CC(N)=O)NC(=O)[C@H](Cc1ccc(O)cc1)NC(=O)[C@H](CCC(N)=O)NC(=O)[C@@H](N)CCC(N)=O)[C@@H](C)O)C(=O)O. The van der Waals surface area contributed by atoms with Crippen LogP contribution in [-0.2, 0) is 60.8 Å². The number of aromatic nitrogens is 1. The molecule has 0 saturated carbocycles. The van der Waals surface area contributed by atoms with Gasteiger partial charge >= 0.3 is 5.97 Å². The molecule has 0 radical (unpaired) electrons. The highest BCUT2D eigenvalue weighted by Gasteiger charge is 2.36. The predicted octanol–water partition coefficient (Wildman–Crippen LogP) is -4.85. The average Bonchev–Trinajstić information content (AvgIpc) is 3.66. The van der Waals surface area contributed by atoms with Crippen LogP contribution in [0.2, 0.25) is 0 Å². The third kappa shape index (κ3) is 17.0. The number of fused-ring (bicyclic) bond motifs is 1. The van der Waals surface area contributed by atoms with Gasteiger partial charge in [-0.1, -0.05) is 30.3 Å². The van der Waals surface area contributed by atoms with Gasteiger partial charge in [-0.15, -0.1) is 0 Å². The van der Waals surface area contributed by atoms with E-state index in [2.05, 4.69) is 36.9 Å². The van der Waals surface area contributed by atoms with E-state index in [0.717, 1.165) is 13.8 Å². The van der Waals surface area contributed by atoms with Crippen LogP contribution in [0.15, 0.2) is 54.7 Å². The second-order valence-corrected chi connectivity index (χ2v) is 15.8. The summed E-state index contributed by atoms with van der Waals surface area (Å²) in [6.07, 6.45) is -4.57. The second-order valence-electron chi connectivity index (χ2n) is 15.8. The van der Waals surface area contributed by atoms with Crippen LogP contribution >= 0.6 is 0 Å². The van der Waals surface area contributed by atoms with E-state index in [1.165, 1.54) is 24.3 Å². The summed E-state index contributed by atoms with van der Waals surface area (Å²) >= 11 is 0. The van der Waals surface area contributed by atoms with Gasteiger partial charge < -0.3 is 80.2 Å². The highest BCUT2D eigenvalue weighted by Crippen LogP contribution is 2.20. The number of phenols is 1. The van der Waals surface area contributed by atoms with Crippen molar-refractivity contribution in [1.82, 2.24) is 36.9 Å². The molecule has 0 aliphatic heterocycles. The zero-order chi connectivity index (χ0) is 50.1. The number of nitrogens with two attached hydrogens (primary N) is 4. The molecule has 9 amide bonds. The fourth-order valence-corrected chi connectivity index (χ4v) is 6.59. The van der Waals surface area contributed by atoms with E-state index in [-0.39, 0.29) is 37.9 Å². The molecule has 0 unspecified atom stereocenters. The van der Waals surface area contributed by atoms with Crippen molar-refractivity contribution in [2.24, 2.45) is 22.9 Å². The van der Waals surface area contributed by atoms with Crippen LogP contribution in [0.3, 0.4) is 0 Å². The number of carboxylic acid groups (broad SMARTS) is 1. The Hall–Kier alpha value is -7.64. The number of carboxylic acids is 1. The molecule has 9 atom stereocenters. The molecule has 0 bridgehead atoms. The molecule has 67 heavy (non-hydrogen) atoms. The van der Waals surface area contributed by atoms with Gasteiger partial charge in [-0.2, -0.15) is 0 Å². The van der Waals surface area contributed by atoms with E-state index in [1.54, 1.807) is 30.5 Å². The third-order valence-electron chi connectivity index (χ3n) is 10.2. The second kappa shape index (κ2) is 25.2. The quantitative estimate of drug-likeness (QED) is 0.0341. The first-order valence-electron chi connectivity index (χ1n) is 20.8. The molecule has 25 nitrogen and oxygen atoms in total. The zero-order valence-electron chi connectivity index (χ0n) is 36.5. The van der Waals surface area contributed by atoms with Crippen molar-refractivity contribution in [2.45, 2.75) is 113 Å². The normalized spacial score (nSPS) is 15.1. The topological polar surface area (TPSA) is 444 Å². The Morgan fingerprint density at radius 3 is 1.66 bits per heavy atom. The van der Waals surface area contributed by atoms with Gasteiger partial charge in [-0.05, 0) is 56.0 Å². The fraction of sp³-hybridized carbons (Fsp3) is 0.429. The minimum Gasteiger partial charge on any atom is -0.508 e. The van der Waals surface area contributed by atoms with Gasteiger partial charge in [0, 0.05) is 42.8 Å². The van der Waals surface area contributed by atoms with Crippen molar-refractivity contribution >= 4 is 70.0 Å². The Morgan fingerprint density at radius 1 is 0.582 bits per heavy atom. The monoisotopic (exact) mass is 939 g/mol. The lowest BCUT2D eigenvalue weighted by Crippen LogP contribution is -2.62. The summed E-state index contributed by atoms with van der Waals surface area (Å²) in [7, 11) is 0. The number of primary amides is 3. The molecule has 0 fully saturated rings. The Morgan fingerprint density at radius 2 is 1.07 bits per heavy atom. The van der Waals surface area contributed by atoms with Gasteiger partial charge in [0.2, 0.25) is 53.2 Å². The molecular weight excluding hydrogens is 883 g/mol. The van der Waals surface area contributed by atoms with E-state index in [1.807, 2.05) is 0 Å². The van der Waals surface area contributed by atoms with E-state index >= 15 is 0 Å². The number of carbonyl (C=O) groups is 10. The van der Waals surface area contributed by atoms with Crippen molar-refractivity contribution in [3.8, 4) is 5.75 Å². The van der Waals surface area contributed by atoms with Crippen molar-refractivity contribution in [3.63, 3.8) is 0 Å². The molecule has 19 N–H and O–H groups in total. The maximum Gasteiger partial charge on any atom is 0.328 e. The number of rotatable bonds is 27. The number of aliphatic carboxylic acids is 1. The van der Waals surface area contributed by atoms with Crippen LogP contribution in [0.4, 0.5) is 0 Å². The van der Waals surface area contributed by atoms with E-state index < -0.39 is 126 Å². The number of nitrogens with one attached hydrogen (secondary N) is 7. The predicted molar refractivity (Wildman–Crippen MR) is 235 cm³/mol. The van der Waals surface area contributed by atoms with E-state index in [0.29, 0.717) is 22.0 Å². The van der Waals surface area contributed by atoms with Gasteiger partial charge in [-0.3, -0.25) is 43.2 Å². The van der Waals surface area contributed by atoms with Gasteiger partial charge in [0.1, 0.15) is 36.0 Å². The minimum atomic E-state index is -1.92. The standard InChI is InChI=1S/C42H57N11O14/c1-19(54)34(41(65)51-29(39(63)53-35(20(2)55)42(66)67)16-22-18-47-26-6-4-3-5-24(22)26)52-40(64)30(17-33(46)59)50-38(62)28(15-21-7-9-23(56)10-8-21)49-37(61)27(12-14-32(45)58)48-36(60)25(43)11-13-31(44)57/h3-10,18-20,25,27-30,34-35,47,54-56H,11-17,43H2,1-2H3,(H2,44,57)(H2,45,58)(H2,46,59)(H,48,60)(H,49,61)(H,50,62)(H,51,65)(H,52,64)(H,53,63)(H,66,67)/t19-,20-,25+,27+,28+,29+,30+,34+,35+/m1/s1. The number of aliphatic hydroxyl groups excluding tert-OH is 2. The van der Waals surface area contributed by atoms with E-state index in [9.17, 15) is 68.4 Å². The lowest BCUT2D eigenvalue weighted by atomic mass is 10.0. The van der Waals surface area contributed by atoms with Crippen LogP contribution < -0.4 is 54.8 Å². The Balaban J connectivity index is 1.92. The molecule has 364 valence electrons. The first-order chi connectivity index (χ1) is 31.5. The number of aliphatic hydroxyl groups is 2. The Kier molecular flexibility index (Phi) is 20.2. The molecule has 0 saturated heterocycles. The summed E-state index contributed by atoms with van der Waals surface area (Å²) in [5.74, 6) is -11.1. The molecular formula is C42H57N11O14. The number of phenolic OH excluding ortho intramolecular Hbond substituents is 1. The molecule has 0 spiro atoms. The van der Waals surface area contributed by atoms with Crippen molar-refractivity contribution in [1.29, 1.82) is 0 Å². The molecule has 2 aromatic carbocycles. The molecule has 1 aromatic heterocycles. The summed E-state index contributed by atoms with van der Waals surface area (Å²) in [5.41, 5.74) is 23.2. The largest absolute Gasteiger partial charge is 0.508 e. The summed E-state index contributed by atoms with van der Waals surface area (Å²) in [6, 6.07) is 0.507. The van der Waals surface area contributed by atoms with Gasteiger partial charge in [0.15, 0.2) is 6.04 Å². The van der Waals surface area contributed by atoms with Crippen molar-refractivity contribution < 1.29 is 68.4 Å². The molecule has 0 aliphatic carbocycles. The smallest absolute Gasteiger partial charge is 0.328 e. The molecule has 1 heterocycles. The van der Waals surface area contributed by atoms with Crippen LogP contribution in [0.5, 0.6) is 5.75 Å². The number of para-hydroxylation sites is 1. The van der Waals surface area contributed by atoms with Crippen LogP contribution in [-0.4, -0.2) is 139 Å². The molecule has 3 rings (SSSR count). The highest BCUT2D eigenvalue weighted by molar-refractivity contribution is 5.99. The summed E-state index contributed by atoms with van der Waals surface area (Å²) in [4.78, 5) is 132. The number of H-pyrrole nitrogens is 1. The number of benzene rings is 2. The lowest BCUT2D eigenvalue weighted by Gasteiger charge is -2.28. The number of aromatic hydroxyl groups is 1. The molecule has 3 aromatic rings. The minimum absolute atomic E-state index is 0.153. The summed E-state index contributed by atoms with van der Waals surface area (Å²) < 4.78 is 0. The maximum atomic E-state index is 14.0. The molecule has 25 heteroatoms. The summed E-state index contributed by atoms with van der Waals surface area (Å²) in [6.45, 7) is 2.21. The zero-order valence-corrected chi connectivity index (χ0v) is 36.5. The first kappa shape index (κ1) is 53.7. The number of carbonyl (C=O) groups excluding carboxylic acids is 9. The lowest BCUT2D eigenvalue weighted by molar-refractivity contribution is -0.145. The van der Waals surface area contributed by atoms with Crippen LogP contribution in [0.1, 0.15) is 57.1 Å². The average molecular weight is 940 g/mol. The van der Waals surface area contributed by atoms with Crippen LogP contribution in [0.25, 0.3) is 10.9 Å². The van der Waals surface area contributed by atoms with Gasteiger partial charge in [0.05, 0.1) is 24.7 Å². The van der Waals surface area contributed by atoms with Crippen molar-refractivity contribution in [3.05, 3.63) is 65.9 Å². The van der Waals surface area contributed by atoms with E-state index in [4.69, 9.17) is 22.9 Å². The first-order valence-corrected chi connectivity index (χ1v) is 20.8. The van der Waals surface area contributed by atoms with Crippen molar-refractivity contribution in [2.75, 3.05) is 0 Å². The number of hydrogen-bond donors (Lipinski definition) is 15. The molecule has 0 aliphatic rings. The van der Waals surface area contributed by atoms with Gasteiger partial charge in [-0.25, -0.2) is 4.79 Å². The Labute approximate surface area is 382 Å². The number of amides is 9. The van der Waals surface area contributed by atoms with Gasteiger partial charge in [0.25, 0.3) is 0 Å². The number of hydrogen-bond acceptors (Lipinski definition) is 14. The maximum absolute atomic E-state index is 14.0.